The molecule has 0 fully saturated rings. The summed E-state index contributed by atoms with van der Waals surface area (Å²) in [7, 11) is -7.14. The molecule has 9 heteroatoms. The molecule has 0 aromatic heterocycles. The second-order valence-electron chi connectivity index (χ2n) is 4.55. The van der Waals surface area contributed by atoms with Crippen LogP contribution >= 0.6 is 11.6 Å². The minimum absolute atomic E-state index is 0.0140. The maximum absolute atomic E-state index is 11.7. The topological polar surface area (TPSA) is 106 Å². The average Bonchev–Trinajstić information content (AvgIpc) is 2.35. The molecule has 0 heterocycles. The molecule has 0 amide bonds. The first kappa shape index (κ1) is 17.4. The SMILES string of the molecule is CC(CCl)CS(=O)(=O)NCc1ccc(S(N)(=O)=O)cc1. The Hall–Kier alpha value is -0.670. The van der Waals surface area contributed by atoms with Gasteiger partial charge in [0.15, 0.2) is 0 Å². The molecule has 0 aliphatic carbocycles. The molecule has 1 unspecified atom stereocenters. The molecule has 6 nitrogen and oxygen atoms in total. The Kier molecular flexibility index (Phi) is 5.96. The van der Waals surface area contributed by atoms with Gasteiger partial charge in [0, 0.05) is 12.4 Å². The summed E-state index contributed by atoms with van der Waals surface area (Å²) in [6, 6.07) is 5.68. The van der Waals surface area contributed by atoms with Crippen LogP contribution in [0.3, 0.4) is 0 Å². The van der Waals surface area contributed by atoms with Gasteiger partial charge in [0.1, 0.15) is 0 Å². The molecule has 3 N–H and O–H groups in total. The van der Waals surface area contributed by atoms with Gasteiger partial charge in [-0.05, 0) is 23.6 Å². The van der Waals surface area contributed by atoms with Gasteiger partial charge >= 0.3 is 0 Å². The largest absolute Gasteiger partial charge is 0.238 e. The molecule has 0 bridgehead atoms. The quantitative estimate of drug-likeness (QED) is 0.710. The van der Waals surface area contributed by atoms with E-state index in [1.165, 1.54) is 24.3 Å². The van der Waals surface area contributed by atoms with E-state index in [-0.39, 0.29) is 29.0 Å². The molecule has 0 aliphatic heterocycles. The number of alkyl halides is 1. The van der Waals surface area contributed by atoms with E-state index >= 15 is 0 Å². The molecule has 0 radical (unpaired) electrons. The van der Waals surface area contributed by atoms with Crippen LogP contribution in [0, 0.1) is 5.92 Å². The smallest absolute Gasteiger partial charge is 0.225 e. The van der Waals surface area contributed by atoms with Crippen LogP contribution in [-0.2, 0) is 26.6 Å². The highest BCUT2D eigenvalue weighted by Gasteiger charge is 2.15. The van der Waals surface area contributed by atoms with Crippen LogP contribution in [0.4, 0.5) is 0 Å². The number of halogens is 1. The Balaban J connectivity index is 2.67. The van der Waals surface area contributed by atoms with Gasteiger partial charge < -0.3 is 0 Å². The summed E-state index contributed by atoms with van der Waals surface area (Å²) in [5.74, 6) is 0.0781. The zero-order valence-electron chi connectivity index (χ0n) is 10.9. The molecule has 1 aromatic carbocycles. The monoisotopic (exact) mass is 340 g/mol. The van der Waals surface area contributed by atoms with E-state index in [2.05, 4.69) is 4.72 Å². The molecular weight excluding hydrogens is 324 g/mol. The Bertz CT molecular complexity index is 642. The van der Waals surface area contributed by atoms with E-state index in [4.69, 9.17) is 16.7 Å². The van der Waals surface area contributed by atoms with Crippen molar-refractivity contribution in [2.75, 3.05) is 11.6 Å². The lowest BCUT2D eigenvalue weighted by molar-refractivity contribution is 0.568. The highest BCUT2D eigenvalue weighted by atomic mass is 35.5. The lowest BCUT2D eigenvalue weighted by atomic mass is 10.2. The fourth-order valence-electron chi connectivity index (χ4n) is 1.47. The molecule has 0 saturated carbocycles. The van der Waals surface area contributed by atoms with Crippen LogP contribution in [0.15, 0.2) is 29.2 Å². The first-order valence-electron chi connectivity index (χ1n) is 5.79. The number of sulfonamides is 2. The summed E-state index contributed by atoms with van der Waals surface area (Å²) in [5.41, 5.74) is 0.638. The number of hydrogen-bond donors (Lipinski definition) is 2. The van der Waals surface area contributed by atoms with Crippen molar-refractivity contribution >= 4 is 31.6 Å². The minimum Gasteiger partial charge on any atom is -0.225 e. The van der Waals surface area contributed by atoms with Crippen molar-refractivity contribution in [3.63, 3.8) is 0 Å². The van der Waals surface area contributed by atoms with Gasteiger partial charge in [0.2, 0.25) is 20.0 Å². The van der Waals surface area contributed by atoms with Gasteiger partial charge in [-0.25, -0.2) is 26.7 Å². The molecule has 114 valence electrons. The van der Waals surface area contributed by atoms with Crippen molar-refractivity contribution in [1.82, 2.24) is 4.72 Å². The van der Waals surface area contributed by atoms with E-state index in [0.29, 0.717) is 5.56 Å². The Morgan fingerprint density at radius 2 is 1.75 bits per heavy atom. The Morgan fingerprint density at radius 1 is 1.20 bits per heavy atom. The van der Waals surface area contributed by atoms with Gasteiger partial charge in [-0.15, -0.1) is 11.6 Å². The van der Waals surface area contributed by atoms with E-state index in [0.717, 1.165) is 0 Å². The lowest BCUT2D eigenvalue weighted by Gasteiger charge is -2.10. The fourth-order valence-corrected chi connectivity index (χ4v) is 3.59. The highest BCUT2D eigenvalue weighted by Crippen LogP contribution is 2.09. The van der Waals surface area contributed by atoms with Crippen LogP contribution in [0.25, 0.3) is 0 Å². The van der Waals surface area contributed by atoms with Crippen LogP contribution in [-0.4, -0.2) is 28.5 Å². The van der Waals surface area contributed by atoms with Crippen LogP contribution < -0.4 is 9.86 Å². The predicted molar refractivity (Wildman–Crippen MR) is 78.3 cm³/mol. The van der Waals surface area contributed by atoms with Gasteiger partial charge in [0.25, 0.3) is 0 Å². The number of nitrogens with one attached hydrogen (secondary N) is 1. The summed E-state index contributed by atoms with van der Waals surface area (Å²) >= 11 is 5.57. The van der Waals surface area contributed by atoms with Crippen molar-refractivity contribution in [2.24, 2.45) is 11.1 Å². The summed E-state index contributed by atoms with van der Waals surface area (Å²) < 4.78 is 48.0. The second-order valence-corrected chi connectivity index (χ2v) is 8.27. The van der Waals surface area contributed by atoms with Gasteiger partial charge in [0.05, 0.1) is 10.6 Å². The average molecular weight is 341 g/mol. The van der Waals surface area contributed by atoms with Crippen LogP contribution in [0.2, 0.25) is 0 Å². The van der Waals surface area contributed by atoms with Crippen molar-refractivity contribution in [3.8, 4) is 0 Å². The standard InChI is InChI=1S/C11H17ClN2O4S2/c1-9(6-12)8-19(15,16)14-7-10-2-4-11(5-3-10)20(13,17)18/h2-5,9,14H,6-8H2,1H3,(H2,13,17,18). The summed E-state index contributed by atoms with van der Waals surface area (Å²) in [6.45, 7) is 1.83. The van der Waals surface area contributed by atoms with E-state index in [1.807, 2.05) is 0 Å². The van der Waals surface area contributed by atoms with Crippen molar-refractivity contribution < 1.29 is 16.8 Å². The third kappa shape index (κ3) is 5.76. The van der Waals surface area contributed by atoms with Crippen molar-refractivity contribution in [1.29, 1.82) is 0 Å². The van der Waals surface area contributed by atoms with Gasteiger partial charge in [-0.2, -0.15) is 0 Å². The molecule has 0 spiro atoms. The fraction of sp³-hybridized carbons (Fsp3) is 0.455. The number of rotatable bonds is 7. The first-order chi connectivity index (χ1) is 9.14. The van der Waals surface area contributed by atoms with E-state index < -0.39 is 20.0 Å². The number of nitrogens with two attached hydrogens (primary N) is 1. The van der Waals surface area contributed by atoms with E-state index in [9.17, 15) is 16.8 Å². The maximum Gasteiger partial charge on any atom is 0.238 e. The third-order valence-electron chi connectivity index (χ3n) is 2.52. The summed E-state index contributed by atoms with van der Waals surface area (Å²) in [6.07, 6.45) is 0. The predicted octanol–water partition coefficient (Wildman–Crippen LogP) is 0.628. The third-order valence-corrected chi connectivity index (χ3v) is 5.56. The lowest BCUT2D eigenvalue weighted by Crippen LogP contribution is -2.29. The Morgan fingerprint density at radius 3 is 2.20 bits per heavy atom. The summed E-state index contributed by atoms with van der Waals surface area (Å²) in [5, 5.41) is 4.97. The number of hydrogen-bond acceptors (Lipinski definition) is 4. The maximum atomic E-state index is 11.7. The minimum atomic E-state index is -3.74. The first-order valence-corrected chi connectivity index (χ1v) is 9.52. The second kappa shape index (κ2) is 6.86. The molecule has 1 aromatic rings. The molecule has 1 rings (SSSR count). The molecule has 0 saturated heterocycles. The molecule has 20 heavy (non-hydrogen) atoms. The number of benzene rings is 1. The number of primary sulfonamides is 1. The molecule has 1 atom stereocenters. The van der Waals surface area contributed by atoms with Crippen molar-refractivity contribution in [3.05, 3.63) is 29.8 Å². The van der Waals surface area contributed by atoms with Crippen LogP contribution in [0.5, 0.6) is 0 Å². The Labute approximate surface area is 124 Å². The zero-order valence-corrected chi connectivity index (χ0v) is 13.3. The highest BCUT2D eigenvalue weighted by molar-refractivity contribution is 7.89. The van der Waals surface area contributed by atoms with Crippen molar-refractivity contribution in [2.45, 2.75) is 18.4 Å². The normalized spacial score (nSPS) is 14.2. The zero-order chi connectivity index (χ0) is 15.4. The van der Waals surface area contributed by atoms with Crippen LogP contribution in [0.1, 0.15) is 12.5 Å². The van der Waals surface area contributed by atoms with Gasteiger partial charge in [-0.1, -0.05) is 19.1 Å². The molecular formula is C11H17ClN2O4S2. The molecule has 0 aliphatic rings. The van der Waals surface area contributed by atoms with Gasteiger partial charge in [-0.3, -0.25) is 0 Å². The van der Waals surface area contributed by atoms with E-state index in [1.54, 1.807) is 6.92 Å². The summed E-state index contributed by atoms with van der Waals surface area (Å²) in [4.78, 5) is -0.0140.